The fourth-order valence-corrected chi connectivity index (χ4v) is 1.64. The fourth-order valence-electron chi connectivity index (χ4n) is 1.64. The second kappa shape index (κ2) is 5.15. The van der Waals surface area contributed by atoms with Crippen LogP contribution in [0, 0.1) is 5.92 Å². The van der Waals surface area contributed by atoms with Gasteiger partial charge in [-0.1, -0.05) is 20.8 Å². The van der Waals surface area contributed by atoms with E-state index in [-0.39, 0.29) is 0 Å². The molecule has 1 heterocycles. The molecule has 0 fully saturated rings. The first kappa shape index (κ1) is 11.2. The van der Waals surface area contributed by atoms with Crippen LogP contribution in [0.5, 0.6) is 0 Å². The van der Waals surface area contributed by atoms with Gasteiger partial charge in [-0.25, -0.2) is 0 Å². The van der Waals surface area contributed by atoms with Crippen molar-refractivity contribution < 1.29 is 0 Å². The lowest BCUT2D eigenvalue weighted by molar-refractivity contribution is 0.412. The molecule has 1 aromatic heterocycles. The number of nitrogens with one attached hydrogen (secondary N) is 1. The third-order valence-corrected chi connectivity index (χ3v) is 2.36. The van der Waals surface area contributed by atoms with Gasteiger partial charge in [0.2, 0.25) is 0 Å². The predicted octanol–water partition coefficient (Wildman–Crippen LogP) is 2.12. The van der Waals surface area contributed by atoms with Crippen molar-refractivity contribution in [1.29, 1.82) is 0 Å². The highest BCUT2D eigenvalue weighted by molar-refractivity contribution is 5.10. The molecule has 1 atom stereocenters. The molecule has 0 radical (unpaired) electrons. The van der Waals surface area contributed by atoms with Crippen molar-refractivity contribution in [2.24, 2.45) is 13.0 Å². The van der Waals surface area contributed by atoms with Crippen LogP contribution in [0.3, 0.4) is 0 Å². The summed E-state index contributed by atoms with van der Waals surface area (Å²) in [5.74, 6) is 0.603. The normalized spacial score (nSPS) is 13.5. The predicted molar refractivity (Wildman–Crippen MR) is 59.1 cm³/mol. The molecule has 80 valence electrons. The summed E-state index contributed by atoms with van der Waals surface area (Å²) < 4.78 is 1.86. The van der Waals surface area contributed by atoms with Gasteiger partial charge in [-0.05, 0) is 18.9 Å². The van der Waals surface area contributed by atoms with Crippen molar-refractivity contribution in [2.45, 2.75) is 33.2 Å². The Morgan fingerprint density at radius 1 is 1.50 bits per heavy atom. The fraction of sp³-hybridized carbons (Fsp3) is 0.727. The first-order valence-corrected chi connectivity index (χ1v) is 5.37. The van der Waals surface area contributed by atoms with E-state index in [1.807, 2.05) is 17.9 Å². The summed E-state index contributed by atoms with van der Waals surface area (Å²) in [5, 5.41) is 7.75. The first-order valence-electron chi connectivity index (χ1n) is 5.37. The smallest absolute Gasteiger partial charge is 0.0537 e. The number of hydrogen-bond donors (Lipinski definition) is 1. The Labute approximate surface area is 86.5 Å². The van der Waals surface area contributed by atoms with Gasteiger partial charge in [-0.15, -0.1) is 0 Å². The highest BCUT2D eigenvalue weighted by Crippen LogP contribution is 2.20. The molecule has 0 aliphatic rings. The Bertz CT molecular complexity index is 265. The first-order chi connectivity index (χ1) is 6.65. The minimum Gasteiger partial charge on any atom is -0.310 e. The van der Waals surface area contributed by atoms with E-state index in [2.05, 4.69) is 37.4 Å². The lowest BCUT2D eigenvalue weighted by atomic mass is 9.99. The molecule has 1 unspecified atom stereocenters. The van der Waals surface area contributed by atoms with Gasteiger partial charge in [-0.3, -0.25) is 4.68 Å². The van der Waals surface area contributed by atoms with Crippen molar-refractivity contribution in [3.8, 4) is 0 Å². The van der Waals surface area contributed by atoms with Crippen LogP contribution in [-0.2, 0) is 7.05 Å². The lowest BCUT2D eigenvalue weighted by Gasteiger charge is -2.20. The van der Waals surface area contributed by atoms with Crippen LogP contribution in [0.2, 0.25) is 0 Å². The second-order valence-corrected chi connectivity index (χ2v) is 4.12. The Hall–Kier alpha value is -0.830. The molecule has 0 aromatic carbocycles. The molecule has 0 aliphatic heterocycles. The number of nitrogens with zero attached hydrogens (tertiary/aromatic N) is 2. The summed E-state index contributed by atoms with van der Waals surface area (Å²) in [7, 11) is 1.96. The molecule has 0 saturated heterocycles. The van der Waals surface area contributed by atoms with Crippen molar-refractivity contribution in [2.75, 3.05) is 6.54 Å². The SMILES string of the molecule is CCCNC(c1cnn(C)c1)C(C)C. The highest BCUT2D eigenvalue weighted by atomic mass is 15.2. The number of aryl methyl sites for hydroxylation is 1. The van der Waals surface area contributed by atoms with E-state index in [4.69, 9.17) is 0 Å². The molecule has 1 rings (SSSR count). The van der Waals surface area contributed by atoms with E-state index in [9.17, 15) is 0 Å². The van der Waals surface area contributed by atoms with Crippen LogP contribution in [0.15, 0.2) is 12.4 Å². The van der Waals surface area contributed by atoms with Crippen LogP contribution in [0.4, 0.5) is 0 Å². The number of hydrogen-bond acceptors (Lipinski definition) is 2. The van der Waals surface area contributed by atoms with Crippen molar-refractivity contribution in [3.05, 3.63) is 18.0 Å². The molecule has 0 aliphatic carbocycles. The summed E-state index contributed by atoms with van der Waals surface area (Å²) in [6.07, 6.45) is 5.21. The van der Waals surface area contributed by atoms with Crippen LogP contribution in [0.1, 0.15) is 38.8 Å². The van der Waals surface area contributed by atoms with E-state index in [1.165, 1.54) is 12.0 Å². The van der Waals surface area contributed by atoms with E-state index < -0.39 is 0 Å². The van der Waals surface area contributed by atoms with Gasteiger partial charge in [-0.2, -0.15) is 5.10 Å². The van der Waals surface area contributed by atoms with E-state index in [1.54, 1.807) is 0 Å². The zero-order valence-electron chi connectivity index (χ0n) is 9.62. The van der Waals surface area contributed by atoms with Crippen molar-refractivity contribution >= 4 is 0 Å². The van der Waals surface area contributed by atoms with Crippen LogP contribution >= 0.6 is 0 Å². The second-order valence-electron chi connectivity index (χ2n) is 4.12. The Morgan fingerprint density at radius 2 is 2.21 bits per heavy atom. The van der Waals surface area contributed by atoms with Gasteiger partial charge in [0.25, 0.3) is 0 Å². The molecule has 1 N–H and O–H groups in total. The van der Waals surface area contributed by atoms with Gasteiger partial charge < -0.3 is 5.32 Å². The molecule has 0 amide bonds. The molecular weight excluding hydrogens is 174 g/mol. The van der Waals surface area contributed by atoms with Crippen LogP contribution in [-0.4, -0.2) is 16.3 Å². The minimum absolute atomic E-state index is 0.434. The molecule has 0 spiro atoms. The van der Waals surface area contributed by atoms with Crippen LogP contribution in [0.25, 0.3) is 0 Å². The Balaban J connectivity index is 2.67. The van der Waals surface area contributed by atoms with Crippen molar-refractivity contribution in [1.82, 2.24) is 15.1 Å². The molecule has 0 bridgehead atoms. The topological polar surface area (TPSA) is 29.9 Å². The highest BCUT2D eigenvalue weighted by Gasteiger charge is 2.15. The standard InChI is InChI=1S/C11H21N3/c1-5-6-12-11(9(2)3)10-7-13-14(4)8-10/h7-9,11-12H,5-6H2,1-4H3. The number of aromatic nitrogens is 2. The quantitative estimate of drug-likeness (QED) is 0.780. The molecule has 3 heteroatoms. The summed E-state index contributed by atoms with van der Waals surface area (Å²) in [6, 6.07) is 0.434. The monoisotopic (exact) mass is 195 g/mol. The average molecular weight is 195 g/mol. The molecule has 1 aromatic rings. The summed E-state index contributed by atoms with van der Waals surface area (Å²) >= 11 is 0. The minimum atomic E-state index is 0.434. The Morgan fingerprint density at radius 3 is 2.64 bits per heavy atom. The summed E-state index contributed by atoms with van der Waals surface area (Å²) in [4.78, 5) is 0. The maximum absolute atomic E-state index is 4.20. The largest absolute Gasteiger partial charge is 0.310 e. The van der Waals surface area contributed by atoms with Crippen LogP contribution < -0.4 is 5.32 Å². The third kappa shape index (κ3) is 2.84. The summed E-state index contributed by atoms with van der Waals surface area (Å²) in [6.45, 7) is 7.73. The zero-order valence-corrected chi connectivity index (χ0v) is 9.62. The van der Waals surface area contributed by atoms with Gasteiger partial charge in [0, 0.05) is 24.8 Å². The van der Waals surface area contributed by atoms with Crippen molar-refractivity contribution in [3.63, 3.8) is 0 Å². The van der Waals surface area contributed by atoms with Gasteiger partial charge in [0.15, 0.2) is 0 Å². The third-order valence-electron chi connectivity index (χ3n) is 2.36. The lowest BCUT2D eigenvalue weighted by Crippen LogP contribution is -2.26. The van der Waals surface area contributed by atoms with Gasteiger partial charge >= 0.3 is 0 Å². The van der Waals surface area contributed by atoms with E-state index >= 15 is 0 Å². The average Bonchev–Trinajstić information content (AvgIpc) is 2.52. The molecule has 0 saturated carbocycles. The maximum Gasteiger partial charge on any atom is 0.0537 e. The maximum atomic E-state index is 4.20. The molecule has 3 nitrogen and oxygen atoms in total. The number of rotatable bonds is 5. The summed E-state index contributed by atoms with van der Waals surface area (Å²) in [5.41, 5.74) is 1.29. The molecule has 14 heavy (non-hydrogen) atoms. The molecular formula is C11H21N3. The van der Waals surface area contributed by atoms with Gasteiger partial charge in [0.05, 0.1) is 6.20 Å². The zero-order chi connectivity index (χ0) is 10.6. The van der Waals surface area contributed by atoms with E-state index in [0.29, 0.717) is 12.0 Å². The van der Waals surface area contributed by atoms with Gasteiger partial charge in [0.1, 0.15) is 0 Å². The Kier molecular flexibility index (Phi) is 4.14. The van der Waals surface area contributed by atoms with E-state index in [0.717, 1.165) is 6.54 Å².